The van der Waals surface area contributed by atoms with E-state index in [1.54, 1.807) is 12.5 Å². The Balaban J connectivity index is 1.45. The zero-order valence-corrected chi connectivity index (χ0v) is 20.2. The molecule has 0 radical (unpaired) electrons. The Kier molecular flexibility index (Phi) is 6.40. The van der Waals surface area contributed by atoms with E-state index in [1.165, 1.54) is 5.56 Å². The zero-order chi connectivity index (χ0) is 24.2. The Bertz CT molecular complexity index is 1360. The van der Waals surface area contributed by atoms with Crippen LogP contribution in [0.5, 0.6) is 5.75 Å². The predicted molar refractivity (Wildman–Crippen MR) is 142 cm³/mol. The molecule has 2 aromatic heterocycles. The second kappa shape index (κ2) is 9.94. The van der Waals surface area contributed by atoms with Gasteiger partial charge in [0.25, 0.3) is 0 Å². The van der Waals surface area contributed by atoms with E-state index in [2.05, 4.69) is 79.7 Å². The van der Waals surface area contributed by atoms with E-state index in [0.717, 1.165) is 56.2 Å². The quantitative estimate of drug-likeness (QED) is 0.244. The Morgan fingerprint density at radius 2 is 1.20 bits per heavy atom. The van der Waals surface area contributed by atoms with Gasteiger partial charge in [-0.3, -0.25) is 0 Å². The smallest absolute Gasteiger partial charge is 0.134 e. The van der Waals surface area contributed by atoms with Gasteiger partial charge in [-0.25, -0.2) is 0 Å². The summed E-state index contributed by atoms with van der Waals surface area (Å²) in [6, 6.07) is 29.2. The topological polar surface area (TPSA) is 35.5 Å². The minimum absolute atomic E-state index is 0.469. The average Bonchev–Trinajstić information content (AvgIpc) is 3.51. The highest BCUT2D eigenvalue weighted by Crippen LogP contribution is 2.30. The molecule has 0 spiro atoms. The molecule has 0 bridgehead atoms. The lowest BCUT2D eigenvalue weighted by Crippen LogP contribution is -1.97. The maximum atomic E-state index is 6.05. The molecular weight excluding hydrogens is 432 g/mol. The molecule has 5 rings (SSSR count). The second-order valence-corrected chi connectivity index (χ2v) is 8.88. The first-order chi connectivity index (χ1) is 17.0. The van der Waals surface area contributed by atoms with Crippen LogP contribution in [-0.4, -0.2) is 6.61 Å². The van der Waals surface area contributed by atoms with Crippen molar-refractivity contribution in [1.82, 2.24) is 0 Å². The van der Waals surface area contributed by atoms with Gasteiger partial charge in [0.1, 0.15) is 23.9 Å². The highest BCUT2D eigenvalue weighted by atomic mass is 16.5. The summed E-state index contributed by atoms with van der Waals surface area (Å²) in [5.74, 6) is 2.62. The maximum Gasteiger partial charge on any atom is 0.134 e. The number of ether oxygens (including phenoxy) is 1. The fraction of sp³-hybridized carbons (Fsp3) is 0.125. The van der Waals surface area contributed by atoms with Gasteiger partial charge in [0, 0.05) is 11.1 Å². The summed E-state index contributed by atoms with van der Waals surface area (Å²) in [7, 11) is 0. The summed E-state index contributed by atoms with van der Waals surface area (Å²) < 4.78 is 17.4. The van der Waals surface area contributed by atoms with E-state index in [-0.39, 0.29) is 0 Å². The molecule has 0 amide bonds. The number of aryl methyl sites for hydroxylation is 3. The number of rotatable bonds is 7. The monoisotopic (exact) mass is 460 g/mol. The summed E-state index contributed by atoms with van der Waals surface area (Å²) in [6.07, 6.45) is 5.69. The SMILES string of the molecule is Cc1cccc(OCC=C(c2ccc(-c3cc(C)co3)cc2)c2ccc(-c3cc(C)co3)cc2)c1. The lowest BCUT2D eigenvalue weighted by atomic mass is 9.95. The van der Waals surface area contributed by atoms with Gasteiger partial charge in [-0.2, -0.15) is 0 Å². The summed E-state index contributed by atoms with van der Waals surface area (Å²) in [4.78, 5) is 0. The zero-order valence-electron chi connectivity index (χ0n) is 20.2. The van der Waals surface area contributed by atoms with Crippen LogP contribution in [0.1, 0.15) is 27.8 Å². The summed E-state index contributed by atoms with van der Waals surface area (Å²) in [6.45, 7) is 6.60. The molecule has 0 unspecified atom stereocenters. The lowest BCUT2D eigenvalue weighted by molar-refractivity contribution is 0.363. The Labute approximate surface area is 206 Å². The summed E-state index contributed by atoms with van der Waals surface area (Å²) in [5, 5.41) is 0. The number of furan rings is 2. The number of hydrogen-bond donors (Lipinski definition) is 0. The van der Waals surface area contributed by atoms with Crippen LogP contribution in [0.15, 0.2) is 112 Å². The molecule has 0 saturated heterocycles. The minimum Gasteiger partial charge on any atom is -0.490 e. The van der Waals surface area contributed by atoms with Gasteiger partial charge >= 0.3 is 0 Å². The summed E-state index contributed by atoms with van der Waals surface area (Å²) >= 11 is 0. The highest BCUT2D eigenvalue weighted by molar-refractivity contribution is 5.81. The first-order valence-corrected chi connectivity index (χ1v) is 11.8. The van der Waals surface area contributed by atoms with Crippen molar-refractivity contribution in [2.45, 2.75) is 20.8 Å². The van der Waals surface area contributed by atoms with E-state index in [9.17, 15) is 0 Å². The van der Waals surface area contributed by atoms with Crippen LogP contribution >= 0.6 is 0 Å². The molecule has 3 heteroatoms. The molecule has 0 saturated carbocycles. The van der Waals surface area contributed by atoms with Crippen LogP contribution in [-0.2, 0) is 0 Å². The first-order valence-electron chi connectivity index (χ1n) is 11.8. The van der Waals surface area contributed by atoms with Crippen LogP contribution in [0.25, 0.3) is 28.2 Å². The van der Waals surface area contributed by atoms with Gasteiger partial charge in [-0.15, -0.1) is 0 Å². The predicted octanol–water partition coefficient (Wildman–Crippen LogP) is 8.64. The first kappa shape index (κ1) is 22.5. The molecule has 174 valence electrons. The third-order valence-corrected chi connectivity index (χ3v) is 5.95. The molecule has 0 N–H and O–H groups in total. The molecular formula is C32H28O3. The minimum atomic E-state index is 0.469. The Morgan fingerprint density at radius 1 is 0.657 bits per heavy atom. The van der Waals surface area contributed by atoms with Crippen molar-refractivity contribution in [3.05, 3.63) is 131 Å². The third-order valence-electron chi connectivity index (χ3n) is 5.95. The molecule has 35 heavy (non-hydrogen) atoms. The van der Waals surface area contributed by atoms with E-state index in [1.807, 2.05) is 32.0 Å². The van der Waals surface area contributed by atoms with Crippen molar-refractivity contribution in [3.63, 3.8) is 0 Å². The van der Waals surface area contributed by atoms with E-state index in [0.29, 0.717) is 6.61 Å². The summed E-state index contributed by atoms with van der Waals surface area (Å²) in [5.41, 5.74) is 8.87. The highest BCUT2D eigenvalue weighted by Gasteiger charge is 2.10. The third kappa shape index (κ3) is 5.30. The Morgan fingerprint density at radius 3 is 1.66 bits per heavy atom. The number of hydrogen-bond acceptors (Lipinski definition) is 3. The van der Waals surface area contributed by atoms with Gasteiger partial charge < -0.3 is 13.6 Å². The van der Waals surface area contributed by atoms with Gasteiger partial charge in [0.05, 0.1) is 12.5 Å². The molecule has 3 aromatic carbocycles. The molecule has 0 aliphatic heterocycles. The van der Waals surface area contributed by atoms with Crippen molar-refractivity contribution >= 4 is 5.57 Å². The van der Waals surface area contributed by atoms with Crippen molar-refractivity contribution in [2.24, 2.45) is 0 Å². The van der Waals surface area contributed by atoms with Gasteiger partial charge in [-0.1, -0.05) is 60.7 Å². The van der Waals surface area contributed by atoms with E-state index >= 15 is 0 Å². The molecule has 5 aromatic rings. The van der Waals surface area contributed by atoms with Crippen LogP contribution < -0.4 is 4.74 Å². The van der Waals surface area contributed by atoms with E-state index < -0.39 is 0 Å². The average molecular weight is 461 g/mol. The normalized spacial score (nSPS) is 10.8. The maximum absolute atomic E-state index is 6.05. The fourth-order valence-electron chi connectivity index (χ4n) is 4.12. The molecule has 0 aliphatic rings. The van der Waals surface area contributed by atoms with Crippen molar-refractivity contribution in [1.29, 1.82) is 0 Å². The van der Waals surface area contributed by atoms with Crippen LogP contribution in [0.4, 0.5) is 0 Å². The van der Waals surface area contributed by atoms with E-state index in [4.69, 9.17) is 13.6 Å². The molecule has 3 nitrogen and oxygen atoms in total. The van der Waals surface area contributed by atoms with Crippen LogP contribution in [0.3, 0.4) is 0 Å². The van der Waals surface area contributed by atoms with Gasteiger partial charge in [-0.05, 0) is 84.5 Å². The second-order valence-electron chi connectivity index (χ2n) is 8.88. The van der Waals surface area contributed by atoms with Gasteiger partial charge in [0.2, 0.25) is 0 Å². The van der Waals surface area contributed by atoms with Gasteiger partial charge in [0.15, 0.2) is 0 Å². The van der Waals surface area contributed by atoms with Crippen molar-refractivity contribution < 1.29 is 13.6 Å². The molecule has 0 fully saturated rings. The molecule has 2 heterocycles. The molecule has 0 aliphatic carbocycles. The van der Waals surface area contributed by atoms with Crippen LogP contribution in [0, 0.1) is 20.8 Å². The lowest BCUT2D eigenvalue weighted by Gasteiger charge is -2.11. The Hall–Kier alpha value is -4.24. The number of benzene rings is 3. The van der Waals surface area contributed by atoms with Crippen LogP contribution in [0.2, 0.25) is 0 Å². The fourth-order valence-corrected chi connectivity index (χ4v) is 4.12. The largest absolute Gasteiger partial charge is 0.490 e. The standard InChI is InChI=1S/C32H28O3/c1-22-5-4-6-29(17-22)33-16-15-30(25-7-11-27(12-8-25)31-18-23(2)20-34-31)26-9-13-28(14-10-26)32-19-24(3)21-35-32/h4-15,17-21H,16H2,1-3H3. The van der Waals surface area contributed by atoms with Crippen molar-refractivity contribution in [3.8, 4) is 28.4 Å². The molecule has 0 atom stereocenters. The van der Waals surface area contributed by atoms with Crippen molar-refractivity contribution in [2.75, 3.05) is 6.61 Å².